The lowest BCUT2D eigenvalue weighted by Crippen LogP contribution is -2.06. The smallest absolute Gasteiger partial charge is 0.238 e. The van der Waals surface area contributed by atoms with Gasteiger partial charge in [0.2, 0.25) is 5.95 Å². The average Bonchev–Trinajstić information content (AvgIpc) is 3.72. The highest BCUT2D eigenvalue weighted by molar-refractivity contribution is 6.33. The van der Waals surface area contributed by atoms with Crippen molar-refractivity contribution in [2.24, 2.45) is 0 Å². The molecular formula is C49H29N5. The van der Waals surface area contributed by atoms with Gasteiger partial charge in [0.1, 0.15) is 0 Å². The number of aromatic nitrogens is 5. The lowest BCUT2D eigenvalue weighted by atomic mass is 10.0. The molecule has 0 fully saturated rings. The second kappa shape index (κ2) is 11.1. The molecule has 0 saturated heterocycles. The SMILES string of the molecule is c1ccc(-c2ccc(-c3nc(-c4ccc5ccccc5c4)nc(-n4c5cccc6c7ccccc7n7c8ccccc8c8ccc4c(c65)c87)n3)cc2)cc1. The highest BCUT2D eigenvalue weighted by Gasteiger charge is 2.24. The van der Waals surface area contributed by atoms with E-state index in [0.29, 0.717) is 17.6 Å². The summed E-state index contributed by atoms with van der Waals surface area (Å²) in [6.45, 7) is 0. The van der Waals surface area contributed by atoms with Crippen LogP contribution >= 0.6 is 0 Å². The molecule has 12 rings (SSSR count). The van der Waals surface area contributed by atoms with Gasteiger partial charge in [-0.15, -0.1) is 0 Å². The summed E-state index contributed by atoms with van der Waals surface area (Å²) < 4.78 is 4.71. The number of hydrogen-bond acceptors (Lipinski definition) is 3. The van der Waals surface area contributed by atoms with Crippen LogP contribution < -0.4 is 0 Å². The van der Waals surface area contributed by atoms with Crippen LogP contribution in [0.1, 0.15) is 0 Å². The second-order valence-electron chi connectivity index (χ2n) is 14.0. The summed E-state index contributed by atoms with van der Waals surface area (Å²) in [7, 11) is 0. The van der Waals surface area contributed by atoms with Gasteiger partial charge in [-0.2, -0.15) is 9.97 Å². The Kier molecular flexibility index (Phi) is 5.99. The molecule has 0 aliphatic heterocycles. The predicted molar refractivity (Wildman–Crippen MR) is 223 cm³/mol. The van der Waals surface area contributed by atoms with E-state index < -0.39 is 0 Å². The molecule has 0 radical (unpaired) electrons. The van der Waals surface area contributed by atoms with Gasteiger partial charge in [-0.3, -0.25) is 4.57 Å². The molecule has 0 saturated carbocycles. The molecular weight excluding hydrogens is 659 g/mol. The highest BCUT2D eigenvalue weighted by Crippen LogP contribution is 2.45. The van der Waals surface area contributed by atoms with Crippen LogP contribution in [0, 0.1) is 0 Å². The van der Waals surface area contributed by atoms with E-state index in [4.69, 9.17) is 15.0 Å². The minimum Gasteiger partial charge on any atom is -0.308 e. The van der Waals surface area contributed by atoms with Crippen molar-refractivity contribution < 1.29 is 0 Å². The first-order valence-electron chi connectivity index (χ1n) is 18.3. The van der Waals surface area contributed by atoms with Crippen LogP contribution in [-0.2, 0) is 0 Å². The Balaban J connectivity index is 1.19. The summed E-state index contributed by atoms with van der Waals surface area (Å²) in [6.07, 6.45) is 0. The molecule has 250 valence electrons. The zero-order valence-corrected chi connectivity index (χ0v) is 29.0. The maximum Gasteiger partial charge on any atom is 0.238 e. The maximum atomic E-state index is 5.32. The first-order valence-corrected chi connectivity index (χ1v) is 18.3. The van der Waals surface area contributed by atoms with E-state index in [0.717, 1.165) is 33.1 Å². The largest absolute Gasteiger partial charge is 0.308 e. The van der Waals surface area contributed by atoms with E-state index in [-0.39, 0.29) is 0 Å². The summed E-state index contributed by atoms with van der Waals surface area (Å²) in [4.78, 5) is 15.8. The summed E-state index contributed by atoms with van der Waals surface area (Å²) in [6, 6.07) is 62.5. The van der Waals surface area contributed by atoms with Gasteiger partial charge < -0.3 is 4.40 Å². The standard InChI is InChI=1S/C49H29N5/c1-2-11-30(12-3-1)32-21-24-33(25-22-32)47-50-48(35-26-23-31-13-4-5-14-34(31)29-35)52-49(51-47)54-42-20-10-17-38-36-15-6-8-18-40(36)53-41-19-9-7-16-37(41)39-27-28-43(54)45(44(38)42)46(39)53/h1-29H. The number of fused-ring (bicyclic) bond motifs is 7. The Bertz CT molecular complexity index is 3430. The van der Waals surface area contributed by atoms with Crippen molar-refractivity contribution in [3.63, 3.8) is 0 Å². The van der Waals surface area contributed by atoms with Crippen molar-refractivity contribution in [2.45, 2.75) is 0 Å². The lowest BCUT2D eigenvalue weighted by molar-refractivity contribution is 0.954. The Hall–Kier alpha value is -7.37. The minimum absolute atomic E-state index is 0.586. The van der Waals surface area contributed by atoms with Gasteiger partial charge in [-0.25, -0.2) is 4.98 Å². The fourth-order valence-corrected chi connectivity index (χ4v) is 8.68. The average molecular weight is 688 g/mol. The molecule has 0 bridgehead atoms. The molecule has 54 heavy (non-hydrogen) atoms. The van der Waals surface area contributed by atoms with E-state index in [1.54, 1.807) is 0 Å². The van der Waals surface area contributed by atoms with Gasteiger partial charge in [0.05, 0.1) is 27.6 Å². The molecule has 5 nitrogen and oxygen atoms in total. The molecule has 8 aromatic carbocycles. The van der Waals surface area contributed by atoms with Crippen molar-refractivity contribution in [1.29, 1.82) is 0 Å². The van der Waals surface area contributed by atoms with Crippen LogP contribution in [0.15, 0.2) is 176 Å². The molecule has 4 aromatic heterocycles. The van der Waals surface area contributed by atoms with Gasteiger partial charge in [-0.05, 0) is 57.6 Å². The van der Waals surface area contributed by atoms with Crippen molar-refractivity contribution in [3.05, 3.63) is 176 Å². The van der Waals surface area contributed by atoms with Crippen LogP contribution in [0.2, 0.25) is 0 Å². The van der Waals surface area contributed by atoms with E-state index in [1.165, 1.54) is 59.8 Å². The van der Waals surface area contributed by atoms with E-state index in [9.17, 15) is 0 Å². The van der Waals surface area contributed by atoms with Crippen LogP contribution in [-0.4, -0.2) is 23.9 Å². The van der Waals surface area contributed by atoms with Gasteiger partial charge in [-0.1, -0.05) is 146 Å². The van der Waals surface area contributed by atoms with E-state index >= 15 is 0 Å². The third-order valence-corrected chi connectivity index (χ3v) is 11.1. The minimum atomic E-state index is 0.586. The van der Waals surface area contributed by atoms with E-state index in [1.807, 2.05) is 6.07 Å². The van der Waals surface area contributed by atoms with Crippen LogP contribution in [0.3, 0.4) is 0 Å². The van der Waals surface area contributed by atoms with Crippen LogP contribution in [0.4, 0.5) is 0 Å². The monoisotopic (exact) mass is 687 g/mol. The lowest BCUT2D eigenvalue weighted by Gasteiger charge is -2.12. The van der Waals surface area contributed by atoms with Crippen molar-refractivity contribution >= 4 is 70.7 Å². The summed E-state index contributed by atoms with van der Waals surface area (Å²) in [5, 5.41) is 9.60. The molecule has 0 aliphatic rings. The fraction of sp³-hybridized carbons (Fsp3) is 0. The third kappa shape index (κ3) is 4.12. The Morgan fingerprint density at radius 3 is 1.70 bits per heavy atom. The summed E-state index contributed by atoms with van der Waals surface area (Å²) in [5.41, 5.74) is 9.89. The van der Waals surface area contributed by atoms with E-state index in [2.05, 4.69) is 179 Å². The second-order valence-corrected chi connectivity index (χ2v) is 14.0. The fourth-order valence-electron chi connectivity index (χ4n) is 8.68. The Morgan fingerprint density at radius 2 is 0.907 bits per heavy atom. The molecule has 0 spiro atoms. The zero-order chi connectivity index (χ0) is 35.3. The number of benzene rings is 8. The number of hydrogen-bond donors (Lipinski definition) is 0. The van der Waals surface area contributed by atoms with Crippen molar-refractivity contribution in [2.75, 3.05) is 0 Å². The van der Waals surface area contributed by atoms with Gasteiger partial charge in [0, 0.05) is 38.1 Å². The van der Waals surface area contributed by atoms with Crippen LogP contribution in [0.5, 0.6) is 0 Å². The number of nitrogens with zero attached hydrogens (tertiary/aromatic N) is 5. The quantitative estimate of drug-likeness (QED) is 0.185. The van der Waals surface area contributed by atoms with Crippen LogP contribution in [0.25, 0.3) is 111 Å². The summed E-state index contributed by atoms with van der Waals surface area (Å²) in [5.74, 6) is 1.84. The summed E-state index contributed by atoms with van der Waals surface area (Å²) >= 11 is 0. The number of para-hydroxylation sites is 2. The number of rotatable bonds is 4. The molecule has 0 atom stereocenters. The zero-order valence-electron chi connectivity index (χ0n) is 29.0. The molecule has 0 N–H and O–H groups in total. The maximum absolute atomic E-state index is 5.32. The third-order valence-electron chi connectivity index (χ3n) is 11.1. The van der Waals surface area contributed by atoms with Crippen molar-refractivity contribution in [3.8, 4) is 39.9 Å². The Morgan fingerprint density at radius 1 is 0.333 bits per heavy atom. The first kappa shape index (κ1) is 29.2. The molecule has 0 unspecified atom stereocenters. The molecule has 4 heterocycles. The van der Waals surface area contributed by atoms with Gasteiger partial charge >= 0.3 is 0 Å². The topological polar surface area (TPSA) is 48.0 Å². The Labute approximate surface area is 309 Å². The van der Waals surface area contributed by atoms with Gasteiger partial charge in [0.15, 0.2) is 11.6 Å². The van der Waals surface area contributed by atoms with Gasteiger partial charge in [0.25, 0.3) is 0 Å². The molecule has 0 amide bonds. The normalized spacial score (nSPS) is 12.1. The molecule has 0 aliphatic carbocycles. The first-order chi connectivity index (χ1) is 26.8. The predicted octanol–water partition coefficient (Wildman–Crippen LogP) is 12.3. The van der Waals surface area contributed by atoms with Crippen molar-refractivity contribution in [1.82, 2.24) is 23.9 Å². The molecule has 12 aromatic rings. The molecule has 5 heteroatoms. The highest BCUT2D eigenvalue weighted by atomic mass is 15.2.